The van der Waals surface area contributed by atoms with Gasteiger partial charge in [-0.05, 0) is 31.9 Å². The maximum absolute atomic E-state index is 13.0. The quantitative estimate of drug-likeness (QED) is 0.748. The summed E-state index contributed by atoms with van der Waals surface area (Å²) in [6, 6.07) is 2.03. The second-order valence-corrected chi connectivity index (χ2v) is 7.62. The van der Waals surface area contributed by atoms with Gasteiger partial charge in [-0.3, -0.25) is 4.90 Å². The van der Waals surface area contributed by atoms with Gasteiger partial charge in [0.1, 0.15) is 0 Å². The first kappa shape index (κ1) is 22.0. The first-order valence-corrected chi connectivity index (χ1v) is 9.43. The average Bonchev–Trinajstić information content (AvgIpc) is 3.33. The van der Waals surface area contributed by atoms with Crippen molar-refractivity contribution in [3.8, 4) is 0 Å². The van der Waals surface area contributed by atoms with E-state index in [1.54, 1.807) is 6.26 Å². The number of hydrogen-bond acceptors (Lipinski definition) is 6. The van der Waals surface area contributed by atoms with Crippen LogP contribution in [0.15, 0.2) is 35.4 Å². The number of carbonyl (C=O) groups is 1. The lowest BCUT2D eigenvalue weighted by Gasteiger charge is -2.40. The summed E-state index contributed by atoms with van der Waals surface area (Å²) in [5.41, 5.74) is 1.54. The molecule has 7 nitrogen and oxygen atoms in total. The van der Waals surface area contributed by atoms with Gasteiger partial charge in [-0.2, -0.15) is 13.2 Å². The summed E-state index contributed by atoms with van der Waals surface area (Å²) in [5, 5.41) is 7.12. The molecule has 1 spiro atoms. The zero-order valence-corrected chi connectivity index (χ0v) is 16.1. The van der Waals surface area contributed by atoms with E-state index in [1.807, 2.05) is 12.3 Å². The predicted molar refractivity (Wildman–Crippen MR) is 98.2 cm³/mol. The molecule has 1 N–H and O–H groups in total. The molecule has 0 bridgehead atoms. The van der Waals surface area contributed by atoms with E-state index >= 15 is 0 Å². The topological polar surface area (TPSA) is 82.7 Å². The fourth-order valence-corrected chi connectivity index (χ4v) is 3.98. The van der Waals surface area contributed by atoms with Gasteiger partial charge in [0, 0.05) is 37.2 Å². The minimum absolute atomic E-state index is 0.305. The molecule has 0 saturated carbocycles. The van der Waals surface area contributed by atoms with E-state index in [9.17, 15) is 17.6 Å². The molecular formula is C19H22F4N4O3. The van der Waals surface area contributed by atoms with Crippen molar-refractivity contribution in [2.24, 2.45) is 5.41 Å². The van der Waals surface area contributed by atoms with E-state index in [1.165, 1.54) is 30.8 Å². The van der Waals surface area contributed by atoms with Crippen molar-refractivity contribution in [1.82, 2.24) is 14.9 Å². The number of halogens is 4. The van der Waals surface area contributed by atoms with E-state index in [0.717, 1.165) is 39.1 Å². The smallest absolute Gasteiger partial charge is 0.475 e. The highest BCUT2D eigenvalue weighted by molar-refractivity contribution is 5.73. The number of piperidine rings is 1. The van der Waals surface area contributed by atoms with Crippen LogP contribution < -0.4 is 4.90 Å². The Balaban J connectivity index is 0.000000318. The van der Waals surface area contributed by atoms with Crippen LogP contribution in [0, 0.1) is 11.2 Å². The summed E-state index contributed by atoms with van der Waals surface area (Å²) in [6.45, 7) is 5.07. The van der Waals surface area contributed by atoms with Gasteiger partial charge in [0.25, 0.3) is 0 Å². The molecule has 0 aliphatic carbocycles. The van der Waals surface area contributed by atoms with Crippen molar-refractivity contribution in [2.45, 2.75) is 32.0 Å². The third-order valence-electron chi connectivity index (χ3n) is 5.30. The van der Waals surface area contributed by atoms with Crippen LogP contribution in [0.3, 0.4) is 0 Å². The molecule has 164 valence electrons. The van der Waals surface area contributed by atoms with Crippen LogP contribution in [-0.2, 0) is 11.3 Å². The first-order chi connectivity index (χ1) is 14.2. The SMILES string of the molecule is Fc1cnc(N2CCCC3(CCN(Cc4ccoc4)C3)C2)nc1.O=C(O)C(F)(F)F. The number of carboxylic acids is 1. The van der Waals surface area contributed by atoms with Crippen molar-refractivity contribution >= 4 is 11.9 Å². The maximum Gasteiger partial charge on any atom is 0.490 e. The zero-order valence-electron chi connectivity index (χ0n) is 16.1. The number of aliphatic carboxylic acids is 1. The molecule has 11 heteroatoms. The van der Waals surface area contributed by atoms with E-state index in [4.69, 9.17) is 14.3 Å². The molecule has 2 saturated heterocycles. The summed E-state index contributed by atoms with van der Waals surface area (Å²) >= 11 is 0. The lowest BCUT2D eigenvalue weighted by molar-refractivity contribution is -0.192. The number of hydrogen-bond donors (Lipinski definition) is 1. The molecule has 2 aliphatic heterocycles. The molecule has 30 heavy (non-hydrogen) atoms. The molecule has 1 atom stereocenters. The Kier molecular flexibility index (Phi) is 6.59. The molecular weight excluding hydrogens is 408 g/mol. The van der Waals surface area contributed by atoms with Crippen LogP contribution in [0.1, 0.15) is 24.8 Å². The number of anilines is 1. The monoisotopic (exact) mass is 430 g/mol. The van der Waals surface area contributed by atoms with Gasteiger partial charge in [-0.15, -0.1) is 0 Å². The summed E-state index contributed by atoms with van der Waals surface area (Å²) < 4.78 is 49.9. The second-order valence-electron chi connectivity index (χ2n) is 7.62. The van der Waals surface area contributed by atoms with Gasteiger partial charge >= 0.3 is 12.1 Å². The third-order valence-corrected chi connectivity index (χ3v) is 5.30. The Morgan fingerprint density at radius 1 is 1.20 bits per heavy atom. The molecule has 2 aliphatic rings. The Morgan fingerprint density at radius 3 is 2.50 bits per heavy atom. The fourth-order valence-electron chi connectivity index (χ4n) is 3.98. The van der Waals surface area contributed by atoms with Crippen molar-refractivity contribution in [3.05, 3.63) is 42.4 Å². The number of carboxylic acid groups (broad SMARTS) is 1. The lowest BCUT2D eigenvalue weighted by Crippen LogP contribution is -2.45. The van der Waals surface area contributed by atoms with Crippen LogP contribution in [0.25, 0.3) is 0 Å². The molecule has 2 aromatic rings. The summed E-state index contributed by atoms with van der Waals surface area (Å²) in [6.07, 6.45) is 4.56. The summed E-state index contributed by atoms with van der Waals surface area (Å²) in [4.78, 5) is 21.9. The Bertz CT molecular complexity index is 829. The van der Waals surface area contributed by atoms with Gasteiger partial charge in [0.05, 0.1) is 24.9 Å². The van der Waals surface area contributed by atoms with Crippen molar-refractivity contribution in [3.63, 3.8) is 0 Å². The number of alkyl halides is 3. The molecule has 1 unspecified atom stereocenters. The average molecular weight is 430 g/mol. The lowest BCUT2D eigenvalue weighted by atomic mass is 9.79. The predicted octanol–water partition coefficient (Wildman–Crippen LogP) is 3.33. The van der Waals surface area contributed by atoms with Crippen molar-refractivity contribution < 1.29 is 31.9 Å². The molecule has 4 heterocycles. The highest BCUT2D eigenvalue weighted by Crippen LogP contribution is 2.40. The van der Waals surface area contributed by atoms with Gasteiger partial charge in [0.15, 0.2) is 5.82 Å². The van der Waals surface area contributed by atoms with E-state index in [2.05, 4.69) is 19.8 Å². The molecule has 0 radical (unpaired) electrons. The van der Waals surface area contributed by atoms with E-state index in [-0.39, 0.29) is 5.82 Å². The van der Waals surface area contributed by atoms with Gasteiger partial charge in [0.2, 0.25) is 5.95 Å². The maximum atomic E-state index is 13.0. The first-order valence-electron chi connectivity index (χ1n) is 9.43. The van der Waals surface area contributed by atoms with Crippen LogP contribution in [0.5, 0.6) is 0 Å². The van der Waals surface area contributed by atoms with Crippen LogP contribution in [0.4, 0.5) is 23.5 Å². The van der Waals surface area contributed by atoms with Gasteiger partial charge < -0.3 is 14.4 Å². The molecule has 0 amide bonds. The second kappa shape index (κ2) is 8.99. The summed E-state index contributed by atoms with van der Waals surface area (Å²) in [7, 11) is 0. The zero-order chi connectivity index (χ0) is 21.8. The normalized spacial score (nSPS) is 22.1. The molecule has 2 fully saturated rings. The van der Waals surface area contributed by atoms with Gasteiger partial charge in [-0.1, -0.05) is 0 Å². The number of likely N-dealkylation sites (tertiary alicyclic amines) is 1. The van der Waals surface area contributed by atoms with E-state index < -0.39 is 12.1 Å². The van der Waals surface area contributed by atoms with Crippen molar-refractivity contribution in [1.29, 1.82) is 0 Å². The number of aromatic nitrogens is 2. The Morgan fingerprint density at radius 2 is 1.90 bits per heavy atom. The number of rotatable bonds is 3. The minimum Gasteiger partial charge on any atom is -0.475 e. The largest absolute Gasteiger partial charge is 0.490 e. The Labute approximate surface area is 170 Å². The highest BCUT2D eigenvalue weighted by Gasteiger charge is 2.42. The number of nitrogens with zero attached hydrogens (tertiary/aromatic N) is 4. The van der Waals surface area contributed by atoms with Crippen LogP contribution in [0.2, 0.25) is 0 Å². The third kappa shape index (κ3) is 5.68. The van der Waals surface area contributed by atoms with Crippen LogP contribution in [-0.4, -0.2) is 58.3 Å². The summed E-state index contributed by atoms with van der Waals surface area (Å²) in [5.74, 6) is -2.49. The van der Waals surface area contributed by atoms with E-state index in [0.29, 0.717) is 11.4 Å². The van der Waals surface area contributed by atoms with Crippen LogP contribution >= 0.6 is 0 Å². The minimum atomic E-state index is -5.08. The fraction of sp³-hybridized carbons (Fsp3) is 0.526. The molecule has 0 aromatic carbocycles. The molecule has 2 aromatic heterocycles. The molecule has 4 rings (SSSR count). The van der Waals surface area contributed by atoms with Crippen molar-refractivity contribution in [2.75, 3.05) is 31.1 Å². The Hall–Kier alpha value is -2.69. The number of furan rings is 1. The highest BCUT2D eigenvalue weighted by atomic mass is 19.4. The standard InChI is InChI=1S/C17H21FN4O.C2HF3O2/c18-15-8-19-16(20-9-15)22-5-1-3-17(13-22)4-6-21(12-17)10-14-2-7-23-11-14;3-2(4,5)1(6)7/h2,7-9,11H,1,3-6,10,12-13H2;(H,6,7). The van der Waals surface area contributed by atoms with Gasteiger partial charge in [-0.25, -0.2) is 19.2 Å².